The van der Waals surface area contributed by atoms with Gasteiger partial charge in [0.2, 0.25) is 11.8 Å². The van der Waals surface area contributed by atoms with Gasteiger partial charge in [-0.05, 0) is 36.2 Å². The van der Waals surface area contributed by atoms with Gasteiger partial charge in [-0.25, -0.2) is 0 Å². The van der Waals surface area contributed by atoms with Gasteiger partial charge in [0.05, 0.1) is 6.04 Å². The second-order valence-corrected chi connectivity index (χ2v) is 9.76. The third kappa shape index (κ3) is 9.91. The Hall–Kier alpha value is -1.84. The van der Waals surface area contributed by atoms with Gasteiger partial charge in [-0.15, -0.1) is 0 Å². The Labute approximate surface area is 172 Å². The van der Waals surface area contributed by atoms with Gasteiger partial charge in [-0.3, -0.25) is 9.59 Å². The maximum absolute atomic E-state index is 12.8. The van der Waals surface area contributed by atoms with Crippen LogP contribution in [0.1, 0.15) is 79.3 Å². The number of nitrogens with zero attached hydrogens (tertiary/aromatic N) is 1. The molecule has 0 saturated heterocycles. The van der Waals surface area contributed by atoms with Crippen molar-refractivity contribution in [3.8, 4) is 0 Å². The molecule has 4 heteroatoms. The van der Waals surface area contributed by atoms with E-state index in [4.69, 9.17) is 0 Å². The molecule has 0 spiro atoms. The minimum atomic E-state index is -0.0326. The summed E-state index contributed by atoms with van der Waals surface area (Å²) in [6.07, 6.45) is 1.90. The molecule has 1 aromatic rings. The van der Waals surface area contributed by atoms with Gasteiger partial charge in [0, 0.05) is 25.9 Å². The number of hydrogen-bond acceptors (Lipinski definition) is 2. The maximum atomic E-state index is 12.8. The van der Waals surface area contributed by atoms with Gasteiger partial charge < -0.3 is 10.2 Å². The number of amides is 2. The monoisotopic (exact) mass is 388 g/mol. The largest absolute Gasteiger partial charge is 0.350 e. The van der Waals surface area contributed by atoms with Gasteiger partial charge in [0.15, 0.2) is 0 Å². The molecular formula is C24H40N2O2. The fourth-order valence-corrected chi connectivity index (χ4v) is 3.68. The fraction of sp³-hybridized carbons (Fsp3) is 0.667. The highest BCUT2D eigenvalue weighted by Gasteiger charge is 2.22. The van der Waals surface area contributed by atoms with Crippen molar-refractivity contribution in [3.05, 3.63) is 35.9 Å². The maximum Gasteiger partial charge on any atom is 0.222 e. The van der Waals surface area contributed by atoms with E-state index < -0.39 is 0 Å². The van der Waals surface area contributed by atoms with E-state index >= 15 is 0 Å². The first kappa shape index (κ1) is 24.2. The molecule has 0 saturated carbocycles. The molecule has 0 radical (unpaired) electrons. The topological polar surface area (TPSA) is 49.4 Å². The van der Waals surface area contributed by atoms with E-state index in [9.17, 15) is 9.59 Å². The lowest BCUT2D eigenvalue weighted by atomic mass is 9.84. The Morgan fingerprint density at radius 2 is 1.64 bits per heavy atom. The SMILES string of the molecule is CC(C)CN(CCC(=O)NC(C)c1ccccc1)C(=O)CC(C)CC(C)(C)C. The molecule has 158 valence electrons. The van der Waals surface area contributed by atoms with Crippen LogP contribution < -0.4 is 5.32 Å². The summed E-state index contributed by atoms with van der Waals surface area (Å²) < 4.78 is 0. The first-order chi connectivity index (χ1) is 13.0. The summed E-state index contributed by atoms with van der Waals surface area (Å²) in [5.74, 6) is 0.872. The van der Waals surface area contributed by atoms with Crippen molar-refractivity contribution in [2.45, 2.75) is 73.8 Å². The van der Waals surface area contributed by atoms with E-state index in [0.29, 0.717) is 37.8 Å². The van der Waals surface area contributed by atoms with Crippen LogP contribution >= 0.6 is 0 Å². The predicted molar refractivity (Wildman–Crippen MR) is 117 cm³/mol. The predicted octanol–water partition coefficient (Wildman–Crippen LogP) is 5.20. The standard InChI is InChI=1S/C24H40N2O2/c1-18(2)17-26(23(28)15-19(3)16-24(5,6)7)14-13-22(27)25-20(4)21-11-9-8-10-12-21/h8-12,18-20H,13-17H2,1-7H3,(H,25,27). The molecule has 0 heterocycles. The quantitative estimate of drug-likeness (QED) is 0.599. The van der Waals surface area contributed by atoms with Crippen molar-refractivity contribution in [1.29, 1.82) is 0 Å². The van der Waals surface area contributed by atoms with Crippen molar-refractivity contribution < 1.29 is 9.59 Å². The van der Waals surface area contributed by atoms with Crippen LogP contribution in [0.15, 0.2) is 30.3 Å². The van der Waals surface area contributed by atoms with E-state index in [1.54, 1.807) is 0 Å². The van der Waals surface area contributed by atoms with Crippen molar-refractivity contribution in [3.63, 3.8) is 0 Å². The number of hydrogen-bond donors (Lipinski definition) is 1. The highest BCUT2D eigenvalue weighted by Crippen LogP contribution is 2.26. The Bertz CT molecular complexity index is 605. The van der Waals surface area contributed by atoms with Gasteiger partial charge in [0.1, 0.15) is 0 Å². The van der Waals surface area contributed by atoms with Crippen LogP contribution in [-0.2, 0) is 9.59 Å². The summed E-state index contributed by atoms with van der Waals surface area (Å²) >= 11 is 0. The lowest BCUT2D eigenvalue weighted by molar-refractivity contribution is -0.133. The zero-order chi connectivity index (χ0) is 21.3. The molecule has 2 amide bonds. The number of benzene rings is 1. The normalized spacial score (nSPS) is 13.9. The summed E-state index contributed by atoms with van der Waals surface area (Å²) in [4.78, 5) is 27.1. The van der Waals surface area contributed by atoms with E-state index in [-0.39, 0.29) is 23.3 Å². The van der Waals surface area contributed by atoms with Gasteiger partial charge in [0.25, 0.3) is 0 Å². The molecule has 0 fully saturated rings. The number of carbonyl (C=O) groups excluding carboxylic acids is 2. The smallest absolute Gasteiger partial charge is 0.222 e. The van der Waals surface area contributed by atoms with E-state index in [1.807, 2.05) is 42.2 Å². The highest BCUT2D eigenvalue weighted by molar-refractivity contribution is 5.79. The molecule has 0 aliphatic rings. The number of nitrogens with one attached hydrogen (secondary N) is 1. The summed E-state index contributed by atoms with van der Waals surface area (Å²) in [7, 11) is 0. The summed E-state index contributed by atoms with van der Waals surface area (Å²) in [5, 5.41) is 3.04. The molecule has 2 atom stereocenters. The molecule has 1 aromatic carbocycles. The van der Waals surface area contributed by atoms with Crippen molar-refractivity contribution in [2.24, 2.45) is 17.3 Å². The van der Waals surface area contributed by atoms with Gasteiger partial charge in [-0.1, -0.05) is 71.9 Å². The molecule has 0 aliphatic heterocycles. The average molecular weight is 389 g/mol. The van der Waals surface area contributed by atoms with Crippen LogP contribution in [0.4, 0.5) is 0 Å². The highest BCUT2D eigenvalue weighted by atomic mass is 16.2. The average Bonchev–Trinajstić information content (AvgIpc) is 2.57. The van der Waals surface area contributed by atoms with E-state index in [2.05, 4.69) is 46.9 Å². The van der Waals surface area contributed by atoms with E-state index in [1.165, 1.54) is 0 Å². The van der Waals surface area contributed by atoms with Crippen LogP contribution in [0.25, 0.3) is 0 Å². The Kier molecular flexibility index (Phi) is 9.71. The lowest BCUT2D eigenvalue weighted by Gasteiger charge is -2.28. The molecule has 4 nitrogen and oxygen atoms in total. The third-order valence-corrected chi connectivity index (χ3v) is 4.71. The van der Waals surface area contributed by atoms with Crippen molar-refractivity contribution in [2.75, 3.05) is 13.1 Å². The number of carbonyl (C=O) groups is 2. The molecule has 1 N–H and O–H groups in total. The zero-order valence-electron chi connectivity index (χ0n) is 18.9. The molecular weight excluding hydrogens is 348 g/mol. The molecule has 1 rings (SSSR count). The number of rotatable bonds is 10. The summed E-state index contributed by atoms with van der Waals surface area (Å²) in [5.41, 5.74) is 1.30. The Morgan fingerprint density at radius 3 is 2.18 bits per heavy atom. The van der Waals surface area contributed by atoms with Crippen LogP contribution in [0.3, 0.4) is 0 Å². The Morgan fingerprint density at radius 1 is 1.04 bits per heavy atom. The molecule has 28 heavy (non-hydrogen) atoms. The third-order valence-electron chi connectivity index (χ3n) is 4.71. The summed E-state index contributed by atoms with van der Waals surface area (Å²) in [6, 6.07) is 9.90. The van der Waals surface area contributed by atoms with Crippen molar-refractivity contribution >= 4 is 11.8 Å². The molecule has 0 bridgehead atoms. The van der Waals surface area contributed by atoms with Crippen LogP contribution in [-0.4, -0.2) is 29.8 Å². The van der Waals surface area contributed by atoms with E-state index in [0.717, 1.165) is 12.0 Å². The second kappa shape index (κ2) is 11.2. The molecule has 0 aromatic heterocycles. The minimum absolute atomic E-state index is 0.0133. The lowest BCUT2D eigenvalue weighted by Crippen LogP contribution is -2.38. The first-order valence-electron chi connectivity index (χ1n) is 10.6. The van der Waals surface area contributed by atoms with Gasteiger partial charge >= 0.3 is 0 Å². The molecule has 0 aliphatic carbocycles. The zero-order valence-corrected chi connectivity index (χ0v) is 18.9. The minimum Gasteiger partial charge on any atom is -0.350 e. The van der Waals surface area contributed by atoms with Gasteiger partial charge in [-0.2, -0.15) is 0 Å². The van der Waals surface area contributed by atoms with Crippen LogP contribution in [0, 0.1) is 17.3 Å². The van der Waals surface area contributed by atoms with Crippen LogP contribution in [0.5, 0.6) is 0 Å². The summed E-state index contributed by atoms with van der Waals surface area (Å²) in [6.45, 7) is 16.1. The first-order valence-corrected chi connectivity index (χ1v) is 10.6. The van der Waals surface area contributed by atoms with Crippen molar-refractivity contribution in [1.82, 2.24) is 10.2 Å². The Balaban J connectivity index is 2.58. The fourth-order valence-electron chi connectivity index (χ4n) is 3.68. The van der Waals surface area contributed by atoms with Crippen LogP contribution in [0.2, 0.25) is 0 Å². The molecule has 2 unspecified atom stereocenters. The second-order valence-electron chi connectivity index (χ2n) is 9.76.